The maximum absolute atomic E-state index is 12.8. The monoisotopic (exact) mass is 881 g/mol. The Labute approximate surface area is 390 Å². The molecule has 0 aliphatic heterocycles. The molecule has 0 spiro atoms. The molecule has 0 saturated heterocycles. The number of ether oxygens (including phenoxy) is 3. The summed E-state index contributed by atoms with van der Waals surface area (Å²) in [6.45, 7) is 6.57. The molecule has 0 amide bonds. The quantitative estimate of drug-likeness (QED) is 0.0262. The Balaban J connectivity index is 4.42. The highest BCUT2D eigenvalue weighted by atomic mass is 16.6. The van der Waals surface area contributed by atoms with Crippen LogP contribution in [0.15, 0.2) is 60.8 Å². The van der Waals surface area contributed by atoms with Crippen LogP contribution < -0.4 is 0 Å². The van der Waals surface area contributed by atoms with E-state index in [2.05, 4.69) is 81.5 Å². The summed E-state index contributed by atoms with van der Waals surface area (Å²) >= 11 is 0. The molecule has 0 bridgehead atoms. The standard InChI is InChI=1S/C57H100O6/c1-4-7-10-13-16-19-22-25-26-27-28-29-30-33-35-38-41-44-47-50-56(59)62-53-54(63-57(60)51-48-45-42-39-36-32-24-21-18-15-12-9-6-3)52-61-55(58)49-46-43-40-37-34-31-23-20-17-14-11-8-5-2/h16,19-20,23,25-26,28-29,33,35,54H,4-15,17-18,21-22,24,27,30-32,34,36-53H2,1-3H3/b19-16-,23-20-,26-25-,29-28-,35-33-/t54-/m0/s1. The largest absolute Gasteiger partial charge is 0.462 e. The van der Waals surface area contributed by atoms with Crippen LogP contribution in [0, 0.1) is 0 Å². The van der Waals surface area contributed by atoms with Crippen LogP contribution in [0.1, 0.15) is 265 Å². The third-order valence-corrected chi connectivity index (χ3v) is 11.5. The van der Waals surface area contributed by atoms with E-state index in [0.717, 1.165) is 89.9 Å². The van der Waals surface area contributed by atoms with Gasteiger partial charge in [-0.3, -0.25) is 14.4 Å². The molecule has 1 atom stereocenters. The molecule has 63 heavy (non-hydrogen) atoms. The van der Waals surface area contributed by atoms with E-state index >= 15 is 0 Å². The molecule has 0 fully saturated rings. The average Bonchev–Trinajstić information content (AvgIpc) is 3.28. The van der Waals surface area contributed by atoms with Crippen LogP contribution in [0.3, 0.4) is 0 Å². The van der Waals surface area contributed by atoms with Gasteiger partial charge >= 0.3 is 17.9 Å². The number of esters is 3. The van der Waals surface area contributed by atoms with Gasteiger partial charge < -0.3 is 14.2 Å². The predicted octanol–water partition coefficient (Wildman–Crippen LogP) is 17.6. The third-order valence-electron chi connectivity index (χ3n) is 11.5. The highest BCUT2D eigenvalue weighted by Gasteiger charge is 2.19. The molecule has 0 aliphatic rings. The van der Waals surface area contributed by atoms with Crippen molar-refractivity contribution in [2.24, 2.45) is 0 Å². The topological polar surface area (TPSA) is 78.9 Å². The van der Waals surface area contributed by atoms with Gasteiger partial charge in [-0.15, -0.1) is 0 Å². The van der Waals surface area contributed by atoms with Crippen LogP contribution in [-0.4, -0.2) is 37.2 Å². The Kier molecular flexibility index (Phi) is 49.4. The summed E-state index contributed by atoms with van der Waals surface area (Å²) in [5.41, 5.74) is 0. The van der Waals surface area contributed by atoms with E-state index < -0.39 is 6.10 Å². The normalized spacial score (nSPS) is 12.5. The van der Waals surface area contributed by atoms with Gasteiger partial charge in [0.05, 0.1) is 0 Å². The number of rotatable bonds is 48. The number of allylic oxidation sites excluding steroid dienone is 10. The van der Waals surface area contributed by atoms with E-state index in [1.165, 1.54) is 135 Å². The number of hydrogen-bond donors (Lipinski definition) is 0. The summed E-state index contributed by atoms with van der Waals surface area (Å²) in [5, 5.41) is 0. The molecule has 0 aromatic rings. The van der Waals surface area contributed by atoms with Crippen molar-refractivity contribution in [1.82, 2.24) is 0 Å². The summed E-state index contributed by atoms with van der Waals surface area (Å²) in [6.07, 6.45) is 63.4. The minimum atomic E-state index is -0.787. The van der Waals surface area contributed by atoms with Crippen molar-refractivity contribution in [3.63, 3.8) is 0 Å². The third kappa shape index (κ3) is 50.0. The molecule has 0 heterocycles. The SMILES string of the molecule is CCCCC/C=C\C/C=C\C/C=C\C/C=C\CCCCCC(=O)OC[C@H](COC(=O)CCCCCCC/C=C\CCCCCC)OC(=O)CCCCCCCCCCCCCCC. The molecule has 6 nitrogen and oxygen atoms in total. The zero-order chi connectivity index (χ0) is 45.8. The van der Waals surface area contributed by atoms with Crippen molar-refractivity contribution in [2.45, 2.75) is 271 Å². The van der Waals surface area contributed by atoms with Gasteiger partial charge in [-0.25, -0.2) is 0 Å². The second-order valence-electron chi connectivity index (χ2n) is 17.8. The Bertz CT molecular complexity index is 1150. The molecule has 0 rings (SSSR count). The maximum atomic E-state index is 12.8. The lowest BCUT2D eigenvalue weighted by atomic mass is 10.0. The van der Waals surface area contributed by atoms with Crippen molar-refractivity contribution in [2.75, 3.05) is 13.2 Å². The fourth-order valence-corrected chi connectivity index (χ4v) is 7.42. The maximum Gasteiger partial charge on any atom is 0.306 e. The molecular formula is C57H100O6. The van der Waals surface area contributed by atoms with Crippen LogP contribution in [0.25, 0.3) is 0 Å². The van der Waals surface area contributed by atoms with Gasteiger partial charge in [0.25, 0.3) is 0 Å². The molecule has 0 saturated carbocycles. The smallest absolute Gasteiger partial charge is 0.306 e. The fourth-order valence-electron chi connectivity index (χ4n) is 7.42. The van der Waals surface area contributed by atoms with Crippen LogP contribution in [-0.2, 0) is 28.6 Å². The van der Waals surface area contributed by atoms with Crippen LogP contribution in [0.2, 0.25) is 0 Å². The second-order valence-corrected chi connectivity index (χ2v) is 17.8. The lowest BCUT2D eigenvalue weighted by Crippen LogP contribution is -2.30. The highest BCUT2D eigenvalue weighted by Crippen LogP contribution is 2.15. The first-order valence-corrected chi connectivity index (χ1v) is 26.8. The summed E-state index contributed by atoms with van der Waals surface area (Å²) in [7, 11) is 0. The van der Waals surface area contributed by atoms with Crippen molar-refractivity contribution < 1.29 is 28.6 Å². The highest BCUT2D eigenvalue weighted by molar-refractivity contribution is 5.71. The lowest BCUT2D eigenvalue weighted by Gasteiger charge is -2.18. The van der Waals surface area contributed by atoms with Crippen molar-refractivity contribution in [3.8, 4) is 0 Å². The first-order chi connectivity index (χ1) is 31.0. The van der Waals surface area contributed by atoms with Gasteiger partial charge in [-0.05, 0) is 89.9 Å². The summed E-state index contributed by atoms with van der Waals surface area (Å²) < 4.78 is 16.8. The number of hydrogen-bond acceptors (Lipinski definition) is 6. The molecular weight excluding hydrogens is 781 g/mol. The first kappa shape index (κ1) is 60.1. The van der Waals surface area contributed by atoms with Gasteiger partial charge in [0.15, 0.2) is 6.10 Å². The predicted molar refractivity (Wildman–Crippen MR) is 270 cm³/mol. The average molecular weight is 881 g/mol. The molecule has 0 unspecified atom stereocenters. The van der Waals surface area contributed by atoms with E-state index in [1.807, 2.05) is 0 Å². The molecule has 0 aromatic carbocycles. The van der Waals surface area contributed by atoms with Crippen LogP contribution >= 0.6 is 0 Å². The zero-order valence-corrected chi connectivity index (χ0v) is 41.6. The molecule has 0 N–H and O–H groups in total. The Morgan fingerprint density at radius 3 is 0.968 bits per heavy atom. The Hall–Kier alpha value is -2.89. The van der Waals surface area contributed by atoms with E-state index in [4.69, 9.17) is 14.2 Å². The minimum Gasteiger partial charge on any atom is -0.462 e. The summed E-state index contributed by atoms with van der Waals surface area (Å²) in [6, 6.07) is 0. The summed E-state index contributed by atoms with van der Waals surface area (Å²) in [5.74, 6) is -0.920. The van der Waals surface area contributed by atoms with Gasteiger partial charge in [0.1, 0.15) is 13.2 Å². The Morgan fingerprint density at radius 2 is 0.571 bits per heavy atom. The van der Waals surface area contributed by atoms with Crippen molar-refractivity contribution in [1.29, 1.82) is 0 Å². The minimum absolute atomic E-state index is 0.0870. The van der Waals surface area contributed by atoms with Gasteiger partial charge in [0, 0.05) is 19.3 Å². The molecule has 364 valence electrons. The van der Waals surface area contributed by atoms with E-state index in [9.17, 15) is 14.4 Å². The number of unbranched alkanes of at least 4 members (excludes halogenated alkanes) is 27. The number of carbonyl (C=O) groups is 3. The van der Waals surface area contributed by atoms with Gasteiger partial charge in [-0.1, -0.05) is 216 Å². The van der Waals surface area contributed by atoms with Gasteiger partial charge in [-0.2, -0.15) is 0 Å². The second kappa shape index (κ2) is 51.7. The van der Waals surface area contributed by atoms with E-state index in [-0.39, 0.29) is 31.1 Å². The molecule has 6 heteroatoms. The van der Waals surface area contributed by atoms with E-state index in [1.54, 1.807) is 0 Å². The first-order valence-electron chi connectivity index (χ1n) is 26.8. The van der Waals surface area contributed by atoms with Crippen LogP contribution in [0.5, 0.6) is 0 Å². The van der Waals surface area contributed by atoms with Gasteiger partial charge in [0.2, 0.25) is 0 Å². The van der Waals surface area contributed by atoms with Crippen LogP contribution in [0.4, 0.5) is 0 Å². The van der Waals surface area contributed by atoms with Crippen molar-refractivity contribution >= 4 is 17.9 Å². The molecule has 0 aliphatic carbocycles. The molecule has 0 radical (unpaired) electrons. The Morgan fingerprint density at radius 1 is 0.317 bits per heavy atom. The van der Waals surface area contributed by atoms with E-state index in [0.29, 0.717) is 19.3 Å². The molecule has 0 aromatic heterocycles. The lowest BCUT2D eigenvalue weighted by molar-refractivity contribution is -0.167. The zero-order valence-electron chi connectivity index (χ0n) is 41.6. The fraction of sp³-hybridized carbons (Fsp3) is 0.772. The number of carbonyl (C=O) groups excluding carboxylic acids is 3. The summed E-state index contributed by atoms with van der Waals surface area (Å²) in [4.78, 5) is 38.0. The van der Waals surface area contributed by atoms with Crippen molar-refractivity contribution in [3.05, 3.63) is 60.8 Å².